The lowest BCUT2D eigenvalue weighted by Gasteiger charge is -2.17. The molecule has 0 fully saturated rings. The second-order valence-corrected chi connectivity index (χ2v) is 6.69. The van der Waals surface area contributed by atoms with Crippen LogP contribution in [0.5, 0.6) is 0 Å². The molecule has 7 heteroatoms. The Kier molecular flexibility index (Phi) is 5.45. The number of aliphatic hydroxyl groups is 1. The molecule has 0 heterocycles. The zero-order chi connectivity index (χ0) is 16.9. The van der Waals surface area contributed by atoms with Crippen LogP contribution in [0.4, 0.5) is 4.39 Å². The Morgan fingerprint density at radius 3 is 2.52 bits per heavy atom. The van der Waals surface area contributed by atoms with Gasteiger partial charge in [0.1, 0.15) is 5.82 Å². The van der Waals surface area contributed by atoms with E-state index in [1.165, 1.54) is 12.1 Å². The van der Waals surface area contributed by atoms with Crippen molar-refractivity contribution in [3.05, 3.63) is 71.0 Å². The van der Waals surface area contributed by atoms with Crippen molar-refractivity contribution in [3.8, 4) is 6.07 Å². The first kappa shape index (κ1) is 17.1. The fraction of sp³-hybridized carbons (Fsp3) is 0.188. The molecule has 0 radical (unpaired) electrons. The predicted octanol–water partition coefficient (Wildman–Crippen LogP) is 1.85. The van der Waals surface area contributed by atoms with Crippen molar-refractivity contribution in [1.82, 2.24) is 4.72 Å². The molecule has 0 aliphatic heterocycles. The second kappa shape index (κ2) is 7.33. The van der Waals surface area contributed by atoms with Crippen molar-refractivity contribution in [2.45, 2.75) is 11.8 Å². The van der Waals surface area contributed by atoms with Crippen LogP contribution in [0.2, 0.25) is 0 Å². The van der Waals surface area contributed by atoms with E-state index in [1.54, 1.807) is 30.3 Å². The van der Waals surface area contributed by atoms with E-state index in [2.05, 4.69) is 4.72 Å². The maximum atomic E-state index is 13.7. The minimum Gasteiger partial charge on any atom is -0.394 e. The molecule has 0 spiro atoms. The predicted molar refractivity (Wildman–Crippen MR) is 83.1 cm³/mol. The van der Waals surface area contributed by atoms with Crippen molar-refractivity contribution < 1.29 is 17.9 Å². The molecule has 120 valence electrons. The summed E-state index contributed by atoms with van der Waals surface area (Å²) in [5.41, 5.74) is 0.685. The van der Waals surface area contributed by atoms with Crippen molar-refractivity contribution in [3.63, 3.8) is 0 Å². The quantitative estimate of drug-likeness (QED) is 0.843. The van der Waals surface area contributed by atoms with Crippen molar-refractivity contribution in [2.24, 2.45) is 0 Å². The Morgan fingerprint density at radius 2 is 1.91 bits per heavy atom. The van der Waals surface area contributed by atoms with Crippen molar-refractivity contribution in [2.75, 3.05) is 6.61 Å². The highest BCUT2D eigenvalue weighted by molar-refractivity contribution is 7.88. The number of rotatable bonds is 6. The van der Waals surface area contributed by atoms with Crippen LogP contribution >= 0.6 is 0 Å². The molecule has 2 aromatic carbocycles. The topological polar surface area (TPSA) is 90.2 Å². The van der Waals surface area contributed by atoms with Gasteiger partial charge in [-0.25, -0.2) is 17.5 Å². The van der Waals surface area contributed by atoms with E-state index in [0.717, 1.165) is 6.07 Å². The van der Waals surface area contributed by atoms with Crippen LogP contribution in [0.3, 0.4) is 0 Å². The highest BCUT2D eigenvalue weighted by Crippen LogP contribution is 2.17. The van der Waals surface area contributed by atoms with Gasteiger partial charge in [0, 0.05) is 5.56 Å². The molecular weight excluding hydrogens is 319 g/mol. The van der Waals surface area contributed by atoms with Gasteiger partial charge >= 0.3 is 0 Å². The normalized spacial score (nSPS) is 12.6. The molecule has 1 unspecified atom stereocenters. The molecule has 0 aromatic heterocycles. The molecule has 1 atom stereocenters. The van der Waals surface area contributed by atoms with Gasteiger partial charge in [-0.2, -0.15) is 5.26 Å². The number of aliphatic hydroxyl groups excluding tert-OH is 1. The molecule has 0 bridgehead atoms. The molecule has 2 aromatic rings. The summed E-state index contributed by atoms with van der Waals surface area (Å²) in [7, 11) is -3.90. The SMILES string of the molecule is N#Cc1ccc(F)c(CS(=O)(=O)NC(CO)c2ccccc2)c1. The zero-order valence-electron chi connectivity index (χ0n) is 12.1. The first-order valence-corrected chi connectivity index (χ1v) is 8.45. The molecule has 0 saturated heterocycles. The smallest absolute Gasteiger partial charge is 0.216 e. The van der Waals surface area contributed by atoms with Crippen LogP contribution in [0.25, 0.3) is 0 Å². The molecular formula is C16H15FN2O3S. The van der Waals surface area contributed by atoms with Gasteiger partial charge in [-0.15, -0.1) is 0 Å². The number of benzene rings is 2. The Bertz CT molecular complexity index is 817. The van der Waals surface area contributed by atoms with Gasteiger partial charge in [-0.1, -0.05) is 30.3 Å². The Labute approximate surface area is 134 Å². The Hall–Kier alpha value is -2.27. The van der Waals surface area contributed by atoms with Crippen LogP contribution < -0.4 is 4.72 Å². The minimum absolute atomic E-state index is 0.0960. The molecule has 2 N–H and O–H groups in total. The number of hydrogen-bond donors (Lipinski definition) is 2. The summed E-state index contributed by atoms with van der Waals surface area (Å²) in [5.74, 6) is -1.31. The standard InChI is InChI=1S/C16H15FN2O3S/c17-15-7-6-12(9-18)8-14(15)11-23(21,22)19-16(10-20)13-4-2-1-3-5-13/h1-8,16,19-20H,10-11H2. The van der Waals surface area contributed by atoms with Gasteiger partial charge in [0.05, 0.1) is 30.0 Å². The third-order valence-electron chi connectivity index (χ3n) is 3.23. The summed E-state index contributed by atoms with van der Waals surface area (Å²) in [6.07, 6.45) is 0. The highest BCUT2D eigenvalue weighted by Gasteiger charge is 2.21. The third-order valence-corrected chi connectivity index (χ3v) is 4.56. The summed E-state index contributed by atoms with van der Waals surface area (Å²) < 4.78 is 40.5. The monoisotopic (exact) mass is 334 g/mol. The first-order chi connectivity index (χ1) is 10.9. The maximum absolute atomic E-state index is 13.7. The molecule has 5 nitrogen and oxygen atoms in total. The van der Waals surface area contributed by atoms with Crippen molar-refractivity contribution >= 4 is 10.0 Å². The van der Waals surface area contributed by atoms with Crippen LogP contribution in [-0.2, 0) is 15.8 Å². The van der Waals surface area contributed by atoms with E-state index in [0.29, 0.717) is 5.56 Å². The summed E-state index contributed by atoms with van der Waals surface area (Å²) in [6, 6.07) is 13.1. The van der Waals surface area contributed by atoms with E-state index >= 15 is 0 Å². The van der Waals surface area contributed by atoms with E-state index in [-0.39, 0.29) is 11.1 Å². The van der Waals surface area contributed by atoms with E-state index in [1.807, 2.05) is 6.07 Å². The fourth-order valence-electron chi connectivity index (χ4n) is 2.11. The molecule has 0 amide bonds. The lowest BCUT2D eigenvalue weighted by Crippen LogP contribution is -2.32. The molecule has 23 heavy (non-hydrogen) atoms. The van der Waals surface area contributed by atoms with Crippen LogP contribution in [0.1, 0.15) is 22.7 Å². The summed E-state index contributed by atoms with van der Waals surface area (Å²) >= 11 is 0. The summed E-state index contributed by atoms with van der Waals surface area (Å²) in [5, 5.41) is 18.2. The summed E-state index contributed by atoms with van der Waals surface area (Å²) in [6.45, 7) is -0.427. The molecule has 0 aliphatic rings. The van der Waals surface area contributed by atoms with Crippen LogP contribution in [-0.4, -0.2) is 20.1 Å². The van der Waals surface area contributed by atoms with Crippen LogP contribution in [0, 0.1) is 17.1 Å². The molecule has 2 rings (SSSR count). The van der Waals surface area contributed by atoms with Crippen molar-refractivity contribution in [1.29, 1.82) is 5.26 Å². The first-order valence-electron chi connectivity index (χ1n) is 6.79. The highest BCUT2D eigenvalue weighted by atomic mass is 32.2. The van der Waals surface area contributed by atoms with Crippen LogP contribution in [0.15, 0.2) is 48.5 Å². The summed E-state index contributed by atoms with van der Waals surface area (Å²) in [4.78, 5) is 0. The average molecular weight is 334 g/mol. The fourth-order valence-corrected chi connectivity index (χ4v) is 3.47. The number of nitrogens with zero attached hydrogens (tertiary/aromatic N) is 1. The van der Waals surface area contributed by atoms with Gasteiger partial charge in [-0.05, 0) is 23.8 Å². The zero-order valence-corrected chi connectivity index (χ0v) is 12.9. The number of sulfonamides is 1. The number of nitriles is 1. The van der Waals surface area contributed by atoms with E-state index in [4.69, 9.17) is 5.26 Å². The van der Waals surface area contributed by atoms with E-state index in [9.17, 15) is 17.9 Å². The van der Waals surface area contributed by atoms with Gasteiger partial charge in [-0.3, -0.25) is 0 Å². The lowest BCUT2D eigenvalue weighted by atomic mass is 10.1. The molecule has 0 aliphatic carbocycles. The second-order valence-electron chi connectivity index (χ2n) is 4.94. The third kappa shape index (κ3) is 4.60. The van der Waals surface area contributed by atoms with Gasteiger partial charge in [0.2, 0.25) is 10.0 Å². The lowest BCUT2D eigenvalue weighted by molar-refractivity contribution is 0.259. The van der Waals surface area contributed by atoms with Gasteiger partial charge in [0.25, 0.3) is 0 Å². The molecule has 0 saturated carbocycles. The minimum atomic E-state index is -3.90. The Balaban J connectivity index is 2.21. The van der Waals surface area contributed by atoms with Gasteiger partial charge in [0.15, 0.2) is 0 Å². The average Bonchev–Trinajstić information content (AvgIpc) is 2.55. The number of halogens is 1. The number of nitrogens with one attached hydrogen (secondary N) is 1. The Morgan fingerprint density at radius 1 is 1.22 bits per heavy atom. The van der Waals surface area contributed by atoms with E-state index < -0.39 is 34.2 Å². The largest absolute Gasteiger partial charge is 0.394 e. The maximum Gasteiger partial charge on any atom is 0.216 e. The number of hydrogen-bond acceptors (Lipinski definition) is 4. The van der Waals surface area contributed by atoms with Gasteiger partial charge < -0.3 is 5.11 Å².